The lowest BCUT2D eigenvalue weighted by molar-refractivity contribution is -0.138. The maximum Gasteiger partial charge on any atom is 0.416 e. The number of nitrogens with one attached hydrogen (secondary N) is 1. The summed E-state index contributed by atoms with van der Waals surface area (Å²) >= 11 is 0. The van der Waals surface area contributed by atoms with E-state index in [0.717, 1.165) is 12.1 Å². The number of alkyl halides is 3. The lowest BCUT2D eigenvalue weighted by Crippen LogP contribution is -2.52. The Hall–Kier alpha value is -4.24. The number of aliphatic hydroxyl groups is 2. The largest absolute Gasteiger partial charge is 0.507 e. The lowest BCUT2D eigenvalue weighted by atomic mass is 9.90. The van der Waals surface area contributed by atoms with Crippen LogP contribution in [0.5, 0.6) is 0 Å². The van der Waals surface area contributed by atoms with Crippen molar-refractivity contribution in [2.24, 2.45) is 0 Å². The van der Waals surface area contributed by atoms with Crippen molar-refractivity contribution in [1.82, 2.24) is 5.32 Å². The van der Waals surface area contributed by atoms with Crippen molar-refractivity contribution in [3.8, 4) is 6.07 Å². The van der Waals surface area contributed by atoms with E-state index in [1.165, 1.54) is 29.2 Å². The first-order valence-electron chi connectivity index (χ1n) is 10.3. The molecule has 12 heteroatoms. The van der Waals surface area contributed by atoms with Gasteiger partial charge in [-0.2, -0.15) is 18.4 Å². The molecule has 35 heavy (non-hydrogen) atoms. The van der Waals surface area contributed by atoms with Crippen LogP contribution in [-0.4, -0.2) is 53.6 Å². The highest BCUT2D eigenvalue weighted by molar-refractivity contribution is 6.06. The topological polar surface area (TPSA) is 137 Å². The van der Waals surface area contributed by atoms with Crippen molar-refractivity contribution in [2.45, 2.75) is 18.4 Å². The smallest absolute Gasteiger partial charge is 0.416 e. The third-order valence-corrected chi connectivity index (χ3v) is 6.05. The van der Waals surface area contributed by atoms with Crippen molar-refractivity contribution in [3.63, 3.8) is 0 Å². The van der Waals surface area contributed by atoms with Crippen LogP contribution in [0.25, 0.3) is 5.76 Å². The van der Waals surface area contributed by atoms with Gasteiger partial charge in [-0.05, 0) is 29.8 Å². The van der Waals surface area contributed by atoms with Gasteiger partial charge in [-0.25, -0.2) is 0 Å². The van der Waals surface area contributed by atoms with E-state index < -0.39 is 53.8 Å². The number of hydrogen-bond donors (Lipinski definition) is 4. The molecule has 9 nitrogen and oxygen atoms in total. The van der Waals surface area contributed by atoms with Crippen molar-refractivity contribution in [2.75, 3.05) is 29.9 Å². The highest BCUT2D eigenvalue weighted by Crippen LogP contribution is 2.49. The number of benzene rings is 2. The second kappa shape index (κ2) is 8.52. The molecule has 4 N–H and O–H groups in total. The number of nitriles is 1. The summed E-state index contributed by atoms with van der Waals surface area (Å²) in [7, 11) is 1.67. The van der Waals surface area contributed by atoms with Crippen LogP contribution >= 0.6 is 0 Å². The van der Waals surface area contributed by atoms with Crippen LogP contribution in [-0.2, 0) is 15.8 Å². The van der Waals surface area contributed by atoms with Crippen LogP contribution in [0.2, 0.25) is 0 Å². The van der Waals surface area contributed by atoms with Crippen molar-refractivity contribution in [3.05, 3.63) is 64.2 Å². The SMILES string of the molecule is CN1c2cc(C#N)cc3c2N(CC1c1ccc(C(F)(F)F)cc1)C(O)C(C(=O)NCC(=O)O)=C3O. The third-order valence-electron chi connectivity index (χ3n) is 6.05. The summed E-state index contributed by atoms with van der Waals surface area (Å²) in [6.07, 6.45) is -6.20. The van der Waals surface area contributed by atoms with E-state index in [9.17, 15) is 38.2 Å². The average Bonchev–Trinajstić information content (AvgIpc) is 2.81. The first kappa shape index (κ1) is 23.9. The molecule has 2 aromatic carbocycles. The van der Waals surface area contributed by atoms with Gasteiger partial charge in [0.15, 0.2) is 6.23 Å². The number of carboxylic acids is 1. The van der Waals surface area contributed by atoms with Crippen LogP contribution in [0.15, 0.2) is 42.0 Å². The summed E-state index contributed by atoms with van der Waals surface area (Å²) in [6, 6.07) is 8.73. The average molecular weight is 488 g/mol. The van der Waals surface area contributed by atoms with E-state index in [1.807, 2.05) is 6.07 Å². The van der Waals surface area contributed by atoms with Gasteiger partial charge in [-0.15, -0.1) is 0 Å². The van der Waals surface area contributed by atoms with Crippen LogP contribution in [0.4, 0.5) is 24.5 Å². The fourth-order valence-corrected chi connectivity index (χ4v) is 4.35. The number of nitrogens with zero attached hydrogens (tertiary/aromatic N) is 3. The molecule has 4 rings (SSSR count). The monoisotopic (exact) mass is 488 g/mol. The van der Waals surface area contributed by atoms with Gasteiger partial charge in [0.05, 0.1) is 34.6 Å². The van der Waals surface area contributed by atoms with E-state index in [1.54, 1.807) is 11.9 Å². The summed E-state index contributed by atoms with van der Waals surface area (Å²) in [5.74, 6) is -2.96. The molecule has 2 unspecified atom stereocenters. The van der Waals surface area contributed by atoms with Crippen molar-refractivity contribution >= 4 is 29.0 Å². The van der Waals surface area contributed by atoms with Crippen molar-refractivity contribution in [1.29, 1.82) is 5.26 Å². The Labute approximate surface area is 196 Å². The normalized spacial score (nSPS) is 19.2. The van der Waals surface area contributed by atoms with E-state index in [2.05, 4.69) is 5.32 Å². The maximum atomic E-state index is 13.0. The zero-order valence-corrected chi connectivity index (χ0v) is 18.2. The standard InChI is InChI=1S/C23H19F3N4O5/c1-29-15-7-11(8-27)6-14-19(15)30(22(35)18(20(14)33)21(34)28-9-17(31)32)10-16(29)12-2-4-13(5-3-12)23(24,25)26/h2-7,16,22,33,35H,9-10H2,1H3,(H,28,34)(H,31,32). The Bertz CT molecular complexity index is 1280. The van der Waals surface area contributed by atoms with Crippen molar-refractivity contribution < 1.29 is 38.1 Å². The fraction of sp³-hybridized carbons (Fsp3) is 0.261. The number of hydrogen-bond acceptors (Lipinski definition) is 7. The minimum atomic E-state index is -4.51. The molecule has 0 saturated carbocycles. The molecule has 0 radical (unpaired) electrons. The highest BCUT2D eigenvalue weighted by Gasteiger charge is 2.43. The fourth-order valence-electron chi connectivity index (χ4n) is 4.35. The summed E-state index contributed by atoms with van der Waals surface area (Å²) in [4.78, 5) is 26.6. The second-order valence-corrected chi connectivity index (χ2v) is 8.11. The van der Waals surface area contributed by atoms with Crippen LogP contribution in [0.3, 0.4) is 0 Å². The summed E-state index contributed by atoms with van der Waals surface area (Å²) in [5.41, 5.74) is 0.112. The van der Waals surface area contributed by atoms with Gasteiger partial charge in [-0.3, -0.25) is 9.59 Å². The number of likely N-dealkylation sites (N-methyl/N-ethyl adjacent to an activating group) is 1. The number of carboxylic acid groups (broad SMARTS) is 1. The number of carbonyl (C=O) groups is 2. The summed E-state index contributed by atoms with van der Waals surface area (Å²) < 4.78 is 39.1. The molecule has 2 atom stereocenters. The number of amides is 1. The predicted octanol–water partition coefficient (Wildman–Crippen LogP) is 2.38. The molecule has 2 heterocycles. The molecule has 0 spiro atoms. The predicted molar refractivity (Wildman–Crippen MR) is 117 cm³/mol. The Kier molecular flexibility index (Phi) is 5.82. The van der Waals surface area contributed by atoms with Gasteiger partial charge in [0.25, 0.3) is 5.91 Å². The van der Waals surface area contributed by atoms with Gasteiger partial charge in [0.1, 0.15) is 17.9 Å². The van der Waals surface area contributed by atoms with Gasteiger partial charge in [-0.1, -0.05) is 12.1 Å². The zero-order valence-electron chi connectivity index (χ0n) is 18.2. The van der Waals surface area contributed by atoms with E-state index >= 15 is 0 Å². The molecular formula is C23H19F3N4O5. The Morgan fingerprint density at radius 2 is 1.89 bits per heavy atom. The number of carbonyl (C=O) groups excluding carboxylic acids is 1. The zero-order chi connectivity index (χ0) is 25.7. The van der Waals surface area contributed by atoms with Gasteiger partial charge in [0, 0.05) is 19.2 Å². The molecule has 0 aliphatic carbocycles. The minimum absolute atomic E-state index is 0.0118. The van der Waals surface area contributed by atoms with Gasteiger partial charge < -0.3 is 30.4 Å². The number of aliphatic hydroxyl groups excluding tert-OH is 2. The Morgan fingerprint density at radius 3 is 2.46 bits per heavy atom. The molecule has 2 aromatic rings. The molecule has 1 amide bonds. The van der Waals surface area contributed by atoms with E-state index in [4.69, 9.17) is 5.11 Å². The summed E-state index contributed by atoms with van der Waals surface area (Å²) in [5, 5.41) is 42.3. The minimum Gasteiger partial charge on any atom is -0.507 e. The molecule has 0 saturated heterocycles. The molecule has 2 aliphatic rings. The molecule has 182 valence electrons. The number of rotatable bonds is 4. The second-order valence-electron chi connectivity index (χ2n) is 8.11. The first-order valence-corrected chi connectivity index (χ1v) is 10.3. The highest BCUT2D eigenvalue weighted by atomic mass is 19.4. The first-order chi connectivity index (χ1) is 16.4. The number of anilines is 2. The van der Waals surface area contributed by atoms with Crippen LogP contribution in [0.1, 0.15) is 28.3 Å². The summed E-state index contributed by atoms with van der Waals surface area (Å²) in [6.45, 7) is -0.743. The lowest BCUT2D eigenvalue weighted by Gasteiger charge is -2.47. The van der Waals surface area contributed by atoms with Gasteiger partial charge >= 0.3 is 12.1 Å². The molecule has 0 aromatic heterocycles. The quantitative estimate of drug-likeness (QED) is 0.515. The number of halogens is 3. The number of aliphatic carboxylic acids is 1. The Morgan fingerprint density at radius 1 is 1.23 bits per heavy atom. The molecule has 2 aliphatic heterocycles. The van der Waals surface area contributed by atoms with Crippen LogP contribution < -0.4 is 15.1 Å². The Balaban J connectivity index is 1.82. The van der Waals surface area contributed by atoms with Gasteiger partial charge in [0.2, 0.25) is 0 Å². The van der Waals surface area contributed by atoms with E-state index in [0.29, 0.717) is 16.9 Å². The molecule has 0 bridgehead atoms. The third kappa shape index (κ3) is 4.10. The molecular weight excluding hydrogens is 469 g/mol. The maximum absolute atomic E-state index is 13.0. The molecule has 0 fully saturated rings. The van der Waals surface area contributed by atoms with E-state index in [-0.39, 0.29) is 17.7 Å². The van der Waals surface area contributed by atoms with Crippen LogP contribution in [0, 0.1) is 11.3 Å².